The molecule has 2 heterocycles. The second-order valence-electron chi connectivity index (χ2n) is 6.41. The number of pyridine rings is 1. The second-order valence-corrected chi connectivity index (χ2v) is 6.41. The summed E-state index contributed by atoms with van der Waals surface area (Å²) < 4.78 is 18.3. The maximum Gasteiger partial charge on any atom is 0.261 e. The number of halogens is 1. The van der Waals surface area contributed by atoms with Gasteiger partial charge >= 0.3 is 0 Å². The highest BCUT2D eigenvalue weighted by atomic mass is 19.1. The van der Waals surface area contributed by atoms with Gasteiger partial charge in [-0.25, -0.2) is 4.39 Å². The molecule has 0 fully saturated rings. The van der Waals surface area contributed by atoms with E-state index in [0.29, 0.717) is 29.1 Å². The molecule has 2 aromatic heterocycles. The Bertz CT molecular complexity index is 1070. The summed E-state index contributed by atoms with van der Waals surface area (Å²) >= 11 is 0. The molecule has 0 radical (unpaired) electrons. The number of benzene rings is 1. The van der Waals surface area contributed by atoms with Crippen molar-refractivity contribution in [2.24, 2.45) is 0 Å². The van der Waals surface area contributed by atoms with Crippen molar-refractivity contribution < 1.29 is 18.4 Å². The molecule has 0 saturated carbocycles. The van der Waals surface area contributed by atoms with Gasteiger partial charge in [0.2, 0.25) is 0 Å². The fourth-order valence-corrected chi connectivity index (χ4v) is 3.26. The molecule has 2 N–H and O–H groups in total. The summed E-state index contributed by atoms with van der Waals surface area (Å²) in [6, 6.07) is 10.0. The van der Waals surface area contributed by atoms with E-state index in [9.17, 15) is 18.8 Å². The third-order valence-electron chi connectivity index (χ3n) is 4.60. The van der Waals surface area contributed by atoms with E-state index in [1.807, 2.05) is 0 Å². The number of rotatable bonds is 3. The number of amides is 1. The molecule has 4 rings (SSSR count). The van der Waals surface area contributed by atoms with Crippen molar-refractivity contribution in [3.8, 4) is 0 Å². The summed E-state index contributed by atoms with van der Waals surface area (Å²) in [5.41, 5.74) is 0.435. The number of anilines is 1. The van der Waals surface area contributed by atoms with Crippen LogP contribution >= 0.6 is 0 Å². The van der Waals surface area contributed by atoms with Gasteiger partial charge in [-0.2, -0.15) is 0 Å². The third-order valence-corrected chi connectivity index (χ3v) is 4.60. The van der Waals surface area contributed by atoms with E-state index in [1.165, 1.54) is 30.3 Å². The summed E-state index contributed by atoms with van der Waals surface area (Å²) in [4.78, 5) is 40.0. The monoisotopic (exact) mass is 366 g/mol. The molecular weight excluding hydrogens is 351 g/mol. The Morgan fingerprint density at radius 3 is 2.63 bits per heavy atom. The normalized spacial score (nSPS) is 16.0. The summed E-state index contributed by atoms with van der Waals surface area (Å²) in [6.45, 7) is 0. The Balaban J connectivity index is 1.62. The molecule has 1 atom stereocenters. The van der Waals surface area contributed by atoms with Gasteiger partial charge in [-0.05, 0) is 48.9 Å². The van der Waals surface area contributed by atoms with Crippen molar-refractivity contribution in [3.05, 3.63) is 87.5 Å². The minimum atomic E-state index is -0.661. The van der Waals surface area contributed by atoms with Crippen LogP contribution in [0.3, 0.4) is 0 Å². The van der Waals surface area contributed by atoms with Crippen LogP contribution in [0.15, 0.2) is 57.9 Å². The zero-order valence-corrected chi connectivity index (χ0v) is 14.1. The smallest absolute Gasteiger partial charge is 0.261 e. The number of aromatic nitrogens is 1. The van der Waals surface area contributed by atoms with Crippen LogP contribution in [-0.4, -0.2) is 16.7 Å². The van der Waals surface area contributed by atoms with E-state index < -0.39 is 17.3 Å². The maximum absolute atomic E-state index is 13.0. The van der Waals surface area contributed by atoms with Crippen LogP contribution in [-0.2, 0) is 6.42 Å². The van der Waals surface area contributed by atoms with Crippen LogP contribution in [0.4, 0.5) is 10.1 Å². The molecule has 136 valence electrons. The number of hydrogen-bond donors (Lipinski definition) is 2. The molecule has 0 bridgehead atoms. The maximum atomic E-state index is 13.0. The standard InChI is InChI=1S/C20H15FN2O4/c21-12-3-5-13(6-4-12)22-19(25)15-10-14-16(23-20(15)26)8-11(9-17(14)24)18-2-1-7-27-18/h1-7,10-11H,8-9H2,(H,22,25)(H,23,26). The molecule has 0 saturated heterocycles. The summed E-state index contributed by atoms with van der Waals surface area (Å²) in [5, 5.41) is 2.53. The van der Waals surface area contributed by atoms with Crippen LogP contribution in [0.5, 0.6) is 0 Å². The first kappa shape index (κ1) is 17.0. The largest absolute Gasteiger partial charge is 0.469 e. The lowest BCUT2D eigenvalue weighted by Gasteiger charge is -2.22. The highest BCUT2D eigenvalue weighted by Gasteiger charge is 2.30. The number of fused-ring (bicyclic) bond motifs is 1. The number of H-pyrrole nitrogens is 1. The van der Waals surface area contributed by atoms with E-state index >= 15 is 0 Å². The first-order valence-corrected chi connectivity index (χ1v) is 8.41. The zero-order valence-electron chi connectivity index (χ0n) is 14.1. The summed E-state index contributed by atoms with van der Waals surface area (Å²) in [7, 11) is 0. The lowest BCUT2D eigenvalue weighted by molar-refractivity contribution is 0.0959. The lowest BCUT2D eigenvalue weighted by atomic mass is 9.84. The number of ketones is 1. The van der Waals surface area contributed by atoms with Gasteiger partial charge in [0.15, 0.2) is 5.78 Å². The molecule has 6 nitrogen and oxygen atoms in total. The molecule has 27 heavy (non-hydrogen) atoms. The Morgan fingerprint density at radius 2 is 1.93 bits per heavy atom. The number of aromatic amines is 1. The van der Waals surface area contributed by atoms with Gasteiger partial charge in [-0.3, -0.25) is 14.4 Å². The molecule has 1 amide bonds. The lowest BCUT2D eigenvalue weighted by Crippen LogP contribution is -2.29. The molecule has 1 unspecified atom stereocenters. The van der Waals surface area contributed by atoms with E-state index in [2.05, 4.69) is 10.3 Å². The molecule has 7 heteroatoms. The molecular formula is C20H15FN2O4. The van der Waals surface area contributed by atoms with Crippen molar-refractivity contribution in [3.63, 3.8) is 0 Å². The molecule has 1 aromatic carbocycles. The van der Waals surface area contributed by atoms with E-state index in [0.717, 1.165) is 0 Å². The van der Waals surface area contributed by atoms with E-state index in [4.69, 9.17) is 4.42 Å². The highest BCUT2D eigenvalue weighted by molar-refractivity contribution is 6.06. The van der Waals surface area contributed by atoms with Crippen LogP contribution in [0.25, 0.3) is 0 Å². The van der Waals surface area contributed by atoms with Gasteiger partial charge in [0.05, 0.1) is 6.26 Å². The average Bonchev–Trinajstić information content (AvgIpc) is 3.17. The van der Waals surface area contributed by atoms with Gasteiger partial charge in [-0.15, -0.1) is 0 Å². The van der Waals surface area contributed by atoms with E-state index in [-0.39, 0.29) is 23.7 Å². The van der Waals surface area contributed by atoms with Crippen LogP contribution in [0.1, 0.15) is 44.5 Å². The van der Waals surface area contributed by atoms with Gasteiger partial charge < -0.3 is 14.7 Å². The Morgan fingerprint density at radius 1 is 1.15 bits per heavy atom. The summed E-state index contributed by atoms with van der Waals surface area (Å²) in [5.74, 6) is -0.713. The summed E-state index contributed by atoms with van der Waals surface area (Å²) in [6.07, 6.45) is 2.23. The second kappa shape index (κ2) is 6.68. The molecule has 1 aliphatic carbocycles. The number of furan rings is 1. The van der Waals surface area contributed by atoms with Gasteiger partial charge in [0, 0.05) is 29.3 Å². The quantitative estimate of drug-likeness (QED) is 0.744. The molecule has 0 aliphatic heterocycles. The predicted molar refractivity (Wildman–Crippen MR) is 95.5 cm³/mol. The molecule has 0 spiro atoms. The highest BCUT2D eigenvalue weighted by Crippen LogP contribution is 2.31. The minimum absolute atomic E-state index is 0.144. The Hall–Kier alpha value is -3.48. The number of hydrogen-bond acceptors (Lipinski definition) is 4. The van der Waals surface area contributed by atoms with Crippen LogP contribution in [0, 0.1) is 5.82 Å². The van der Waals surface area contributed by atoms with Crippen molar-refractivity contribution in [1.82, 2.24) is 4.98 Å². The molecule has 3 aromatic rings. The van der Waals surface area contributed by atoms with Crippen LogP contribution < -0.4 is 10.9 Å². The van der Waals surface area contributed by atoms with E-state index in [1.54, 1.807) is 18.4 Å². The Kier molecular flexibility index (Phi) is 4.19. The average molecular weight is 366 g/mol. The zero-order chi connectivity index (χ0) is 19.0. The van der Waals surface area contributed by atoms with Crippen molar-refractivity contribution in [2.45, 2.75) is 18.8 Å². The van der Waals surface area contributed by atoms with Gasteiger partial charge in [-0.1, -0.05) is 0 Å². The number of Topliss-reactive ketones (excluding diaryl/α,β-unsaturated/α-hetero) is 1. The van der Waals surface area contributed by atoms with Crippen molar-refractivity contribution in [1.29, 1.82) is 0 Å². The molecule has 1 aliphatic rings. The van der Waals surface area contributed by atoms with Crippen LogP contribution in [0.2, 0.25) is 0 Å². The van der Waals surface area contributed by atoms with Gasteiger partial charge in [0.1, 0.15) is 17.1 Å². The topological polar surface area (TPSA) is 92.2 Å². The van der Waals surface area contributed by atoms with Crippen molar-refractivity contribution >= 4 is 17.4 Å². The minimum Gasteiger partial charge on any atom is -0.469 e. The van der Waals surface area contributed by atoms with Gasteiger partial charge in [0.25, 0.3) is 11.5 Å². The number of nitrogens with one attached hydrogen (secondary N) is 2. The third kappa shape index (κ3) is 3.31. The first-order valence-electron chi connectivity index (χ1n) is 8.41. The Labute approximate surface area is 153 Å². The first-order chi connectivity index (χ1) is 13.0. The SMILES string of the molecule is O=C1CC(c2ccco2)Cc2[nH]c(=O)c(C(=O)Nc3ccc(F)cc3)cc21. The number of carbonyl (C=O) groups is 2. The predicted octanol–water partition coefficient (Wildman–Crippen LogP) is 3.27. The fraction of sp³-hybridized carbons (Fsp3) is 0.150. The van der Waals surface area contributed by atoms with Crippen molar-refractivity contribution in [2.75, 3.05) is 5.32 Å². The fourth-order valence-electron chi connectivity index (χ4n) is 3.26. The number of carbonyl (C=O) groups excluding carboxylic acids is 2.